The first-order chi connectivity index (χ1) is 6.54. The molecule has 0 N–H and O–H groups in total. The zero-order valence-corrected chi connectivity index (χ0v) is 8.95. The Morgan fingerprint density at radius 1 is 1.50 bits per heavy atom. The van der Waals surface area contributed by atoms with Gasteiger partial charge in [0.05, 0.1) is 6.20 Å². The minimum Gasteiger partial charge on any atom is -0.320 e. The predicted octanol–water partition coefficient (Wildman–Crippen LogP) is 2.33. The summed E-state index contributed by atoms with van der Waals surface area (Å²) in [5.74, 6) is 1.67. The Bertz CT molecular complexity index is 356. The lowest BCUT2D eigenvalue weighted by atomic mass is 10.1. The van der Waals surface area contributed by atoms with Crippen molar-refractivity contribution in [2.24, 2.45) is 0 Å². The minimum absolute atomic E-state index is 0.0509. The molecule has 1 aliphatic carbocycles. The van der Waals surface area contributed by atoms with Gasteiger partial charge in [0, 0.05) is 11.5 Å². The van der Waals surface area contributed by atoms with Crippen LogP contribution in [0.25, 0.3) is 0 Å². The summed E-state index contributed by atoms with van der Waals surface area (Å²) in [5.41, 5.74) is 0.643. The van der Waals surface area contributed by atoms with Gasteiger partial charge in [-0.15, -0.1) is 0 Å². The van der Waals surface area contributed by atoms with Crippen molar-refractivity contribution in [3.05, 3.63) is 17.7 Å². The summed E-state index contributed by atoms with van der Waals surface area (Å²) in [5, 5.41) is 0. The molecule has 0 atom stereocenters. The molecule has 1 aliphatic rings. The highest BCUT2D eigenvalue weighted by atomic mass is 16.1. The van der Waals surface area contributed by atoms with Gasteiger partial charge in [-0.1, -0.05) is 0 Å². The molecule has 0 aliphatic heterocycles. The van der Waals surface area contributed by atoms with Crippen LogP contribution in [0.4, 0.5) is 0 Å². The van der Waals surface area contributed by atoms with Gasteiger partial charge in [-0.3, -0.25) is 4.79 Å². The number of hydrogen-bond acceptors (Lipinski definition) is 2. The van der Waals surface area contributed by atoms with Gasteiger partial charge in [-0.2, -0.15) is 0 Å². The van der Waals surface area contributed by atoms with E-state index in [1.54, 1.807) is 6.20 Å². The van der Waals surface area contributed by atoms with Crippen LogP contribution in [0.1, 0.15) is 55.8 Å². The number of aldehydes is 1. The van der Waals surface area contributed by atoms with E-state index < -0.39 is 0 Å². The van der Waals surface area contributed by atoms with Crippen LogP contribution in [0.3, 0.4) is 0 Å². The zero-order valence-electron chi connectivity index (χ0n) is 8.95. The second kappa shape index (κ2) is 2.94. The van der Waals surface area contributed by atoms with Crippen molar-refractivity contribution in [2.75, 3.05) is 0 Å². The molecule has 0 aromatic carbocycles. The molecule has 0 saturated heterocycles. The van der Waals surface area contributed by atoms with Crippen LogP contribution in [0.15, 0.2) is 6.20 Å². The van der Waals surface area contributed by atoms with Crippen molar-refractivity contribution in [3.63, 3.8) is 0 Å². The van der Waals surface area contributed by atoms with Gasteiger partial charge in [-0.25, -0.2) is 4.98 Å². The van der Waals surface area contributed by atoms with Crippen LogP contribution in [0, 0.1) is 0 Å². The Hall–Kier alpha value is -1.12. The lowest BCUT2D eigenvalue weighted by Crippen LogP contribution is -2.25. The van der Waals surface area contributed by atoms with Gasteiger partial charge in [0.25, 0.3) is 0 Å². The van der Waals surface area contributed by atoms with Crippen LogP contribution in [0.2, 0.25) is 0 Å². The quantitative estimate of drug-likeness (QED) is 0.674. The van der Waals surface area contributed by atoms with Crippen molar-refractivity contribution in [2.45, 2.75) is 45.1 Å². The molecule has 1 saturated carbocycles. The van der Waals surface area contributed by atoms with Crippen LogP contribution in [0.5, 0.6) is 0 Å². The summed E-state index contributed by atoms with van der Waals surface area (Å²) in [6.45, 7) is 6.31. The van der Waals surface area contributed by atoms with E-state index in [0.717, 1.165) is 12.1 Å². The van der Waals surface area contributed by atoms with Crippen LogP contribution in [-0.4, -0.2) is 15.8 Å². The Balaban J connectivity index is 2.50. The molecule has 0 radical (unpaired) electrons. The van der Waals surface area contributed by atoms with Crippen LogP contribution < -0.4 is 0 Å². The topological polar surface area (TPSA) is 34.9 Å². The maximum absolute atomic E-state index is 10.9. The van der Waals surface area contributed by atoms with E-state index in [1.807, 2.05) is 0 Å². The Labute approximate surface area is 84.1 Å². The average molecular weight is 192 g/mol. The molecule has 3 nitrogen and oxygen atoms in total. The van der Waals surface area contributed by atoms with Gasteiger partial charge >= 0.3 is 0 Å². The van der Waals surface area contributed by atoms with Gasteiger partial charge in [0.1, 0.15) is 11.5 Å². The monoisotopic (exact) mass is 192 g/mol. The summed E-state index contributed by atoms with van der Waals surface area (Å²) in [7, 11) is 0. The molecule has 76 valence electrons. The fraction of sp³-hybridized carbons (Fsp3) is 0.636. The molecule has 2 rings (SSSR count). The number of rotatable bonds is 2. The Morgan fingerprint density at radius 3 is 2.57 bits per heavy atom. The highest BCUT2D eigenvalue weighted by Gasteiger charge is 2.32. The molecular weight excluding hydrogens is 176 g/mol. The second-order valence-electron chi connectivity index (χ2n) is 4.94. The predicted molar refractivity (Wildman–Crippen MR) is 54.6 cm³/mol. The average Bonchev–Trinajstić information content (AvgIpc) is 2.82. The molecule has 0 spiro atoms. The van der Waals surface area contributed by atoms with Gasteiger partial charge in [-0.05, 0) is 33.6 Å². The fourth-order valence-electron chi connectivity index (χ4n) is 1.82. The number of imidazole rings is 1. The number of aromatic nitrogens is 2. The van der Waals surface area contributed by atoms with Crippen LogP contribution in [-0.2, 0) is 5.54 Å². The van der Waals surface area contributed by atoms with Crippen LogP contribution >= 0.6 is 0 Å². The molecule has 1 aromatic heterocycles. The maximum atomic E-state index is 10.9. The molecule has 1 aromatic rings. The highest BCUT2D eigenvalue weighted by molar-refractivity contribution is 5.72. The van der Waals surface area contributed by atoms with E-state index >= 15 is 0 Å². The number of hydrogen-bond donors (Lipinski definition) is 0. The minimum atomic E-state index is -0.0509. The van der Waals surface area contributed by atoms with Gasteiger partial charge < -0.3 is 4.57 Å². The molecule has 1 fully saturated rings. The summed E-state index contributed by atoms with van der Waals surface area (Å²) in [6, 6.07) is 0. The van der Waals surface area contributed by atoms with E-state index in [9.17, 15) is 4.79 Å². The van der Waals surface area contributed by atoms with Gasteiger partial charge in [0.2, 0.25) is 0 Å². The maximum Gasteiger partial charge on any atom is 0.168 e. The van der Waals surface area contributed by atoms with Crippen molar-refractivity contribution >= 4 is 6.29 Å². The highest BCUT2D eigenvalue weighted by Crippen LogP contribution is 2.41. The van der Waals surface area contributed by atoms with Crippen molar-refractivity contribution < 1.29 is 4.79 Å². The van der Waals surface area contributed by atoms with Crippen molar-refractivity contribution in [1.29, 1.82) is 0 Å². The van der Waals surface area contributed by atoms with Gasteiger partial charge in [0.15, 0.2) is 6.29 Å². The SMILES string of the molecule is CC(C)(C)n1c(C=O)cnc1C1CC1. The molecule has 1 heterocycles. The smallest absolute Gasteiger partial charge is 0.168 e. The summed E-state index contributed by atoms with van der Waals surface area (Å²) in [6.07, 6.45) is 5.01. The lowest BCUT2D eigenvalue weighted by Gasteiger charge is -2.24. The molecule has 14 heavy (non-hydrogen) atoms. The molecular formula is C11H16N2O. The number of carbonyl (C=O) groups excluding carboxylic acids is 1. The Morgan fingerprint density at radius 2 is 2.14 bits per heavy atom. The largest absolute Gasteiger partial charge is 0.320 e. The second-order valence-corrected chi connectivity index (χ2v) is 4.94. The van der Waals surface area contributed by atoms with E-state index in [-0.39, 0.29) is 5.54 Å². The first kappa shape index (κ1) is 9.44. The third kappa shape index (κ3) is 1.47. The molecule has 0 bridgehead atoms. The van der Waals surface area contributed by atoms with Crippen molar-refractivity contribution in [1.82, 2.24) is 9.55 Å². The van der Waals surface area contributed by atoms with E-state index in [2.05, 4.69) is 30.3 Å². The number of carbonyl (C=O) groups is 1. The van der Waals surface area contributed by atoms with E-state index in [0.29, 0.717) is 11.6 Å². The molecule has 0 amide bonds. The number of nitrogens with zero attached hydrogens (tertiary/aromatic N) is 2. The lowest BCUT2D eigenvalue weighted by molar-refractivity contribution is 0.111. The Kier molecular flexibility index (Phi) is 1.98. The first-order valence-electron chi connectivity index (χ1n) is 5.07. The fourth-order valence-corrected chi connectivity index (χ4v) is 1.82. The first-order valence-corrected chi connectivity index (χ1v) is 5.07. The summed E-state index contributed by atoms with van der Waals surface area (Å²) in [4.78, 5) is 15.2. The standard InChI is InChI=1S/C11H16N2O/c1-11(2,3)13-9(7-14)6-12-10(13)8-4-5-8/h6-8H,4-5H2,1-3H3. The molecule has 0 unspecified atom stereocenters. The van der Waals surface area contributed by atoms with E-state index in [1.165, 1.54) is 12.8 Å². The third-order valence-corrected chi connectivity index (χ3v) is 2.55. The zero-order chi connectivity index (χ0) is 10.3. The normalized spacial score (nSPS) is 17.1. The summed E-state index contributed by atoms with van der Waals surface area (Å²) >= 11 is 0. The van der Waals surface area contributed by atoms with Crippen molar-refractivity contribution in [3.8, 4) is 0 Å². The molecule has 3 heteroatoms. The summed E-state index contributed by atoms with van der Waals surface area (Å²) < 4.78 is 2.07. The third-order valence-electron chi connectivity index (χ3n) is 2.55. The van der Waals surface area contributed by atoms with E-state index in [4.69, 9.17) is 0 Å².